The molecule has 1 aliphatic heterocycles. The molecular formula is C48H33N9. The van der Waals surface area contributed by atoms with E-state index in [0.717, 1.165) is 72.5 Å². The minimum absolute atomic E-state index is 0.486. The summed E-state index contributed by atoms with van der Waals surface area (Å²) in [5.74, 6) is 3.15. The molecule has 0 radical (unpaired) electrons. The predicted molar refractivity (Wildman–Crippen MR) is 225 cm³/mol. The molecule has 9 aromatic rings. The molecule has 9 heteroatoms. The van der Waals surface area contributed by atoms with Crippen molar-refractivity contribution in [3.05, 3.63) is 187 Å². The number of rotatable bonds is 6. The van der Waals surface area contributed by atoms with Gasteiger partial charge in [-0.25, -0.2) is 24.9 Å². The van der Waals surface area contributed by atoms with Crippen LogP contribution in [-0.2, 0) is 5.41 Å². The minimum atomic E-state index is -0.486. The molecule has 5 aromatic carbocycles. The lowest BCUT2D eigenvalue weighted by molar-refractivity contribution is 0.582. The van der Waals surface area contributed by atoms with Crippen LogP contribution in [0, 0.1) is 0 Å². The standard InChI is InChI=1S/C48H33N9/c1-48-30-34(44-51-27-12-28-52-44)20-24-40(48)57(47-54-45(31-13-5-2-6-14-31)53-46(55-47)32-15-7-3-8-16-32)42-38(48)22-21-36-37-29-33(43-49-25-11-26-50-43)19-23-39(37)56(41(36)42)35-17-9-4-10-18-35/h2-29H,30H2,1H3. The fraction of sp³-hybridized carbons (Fsp3) is 0.0625. The van der Waals surface area contributed by atoms with Crippen LogP contribution in [0.2, 0.25) is 0 Å². The van der Waals surface area contributed by atoms with Crippen molar-refractivity contribution >= 4 is 39.0 Å². The van der Waals surface area contributed by atoms with Gasteiger partial charge in [0.05, 0.1) is 16.7 Å². The van der Waals surface area contributed by atoms with Gasteiger partial charge in [0.15, 0.2) is 23.3 Å². The number of aromatic nitrogens is 8. The monoisotopic (exact) mass is 735 g/mol. The van der Waals surface area contributed by atoms with Crippen molar-refractivity contribution in [2.24, 2.45) is 0 Å². The number of benzene rings is 5. The van der Waals surface area contributed by atoms with Crippen molar-refractivity contribution in [1.82, 2.24) is 39.5 Å². The van der Waals surface area contributed by atoms with Crippen LogP contribution in [0.4, 0.5) is 11.6 Å². The lowest BCUT2D eigenvalue weighted by Crippen LogP contribution is -2.29. The van der Waals surface area contributed by atoms with E-state index in [0.29, 0.717) is 29.8 Å². The molecule has 5 heterocycles. The molecule has 1 atom stereocenters. The molecule has 270 valence electrons. The van der Waals surface area contributed by atoms with Gasteiger partial charge in [0.25, 0.3) is 0 Å². The van der Waals surface area contributed by atoms with E-state index in [2.05, 4.69) is 109 Å². The Kier molecular flexibility index (Phi) is 7.46. The molecule has 0 bridgehead atoms. The van der Waals surface area contributed by atoms with Crippen LogP contribution in [0.5, 0.6) is 0 Å². The first kappa shape index (κ1) is 32.8. The fourth-order valence-corrected chi connectivity index (χ4v) is 8.49. The van der Waals surface area contributed by atoms with Crippen LogP contribution in [-0.4, -0.2) is 39.5 Å². The number of hydrogen-bond donors (Lipinski definition) is 0. The second kappa shape index (κ2) is 13.0. The molecule has 0 saturated carbocycles. The lowest BCUT2D eigenvalue weighted by Gasteiger charge is -2.32. The zero-order valence-corrected chi connectivity index (χ0v) is 30.9. The van der Waals surface area contributed by atoms with E-state index in [9.17, 15) is 0 Å². The third-order valence-corrected chi connectivity index (χ3v) is 11.1. The van der Waals surface area contributed by atoms with Gasteiger partial charge >= 0.3 is 0 Å². The smallest absolute Gasteiger partial charge is 0.238 e. The summed E-state index contributed by atoms with van der Waals surface area (Å²) in [6.07, 6.45) is 12.2. The van der Waals surface area contributed by atoms with Crippen LogP contribution >= 0.6 is 0 Å². The summed E-state index contributed by atoms with van der Waals surface area (Å²) in [4.78, 5) is 36.5. The number of anilines is 2. The Morgan fingerprint density at radius 3 is 1.79 bits per heavy atom. The normalized spacial score (nSPS) is 16.0. The average molecular weight is 736 g/mol. The Hall–Kier alpha value is -7.65. The topological polar surface area (TPSA) is 98.4 Å². The Morgan fingerprint density at radius 1 is 0.526 bits per heavy atom. The predicted octanol–water partition coefficient (Wildman–Crippen LogP) is 10.3. The van der Waals surface area contributed by atoms with Gasteiger partial charge in [0.1, 0.15) is 0 Å². The van der Waals surface area contributed by atoms with Crippen LogP contribution in [0.3, 0.4) is 0 Å². The highest BCUT2D eigenvalue weighted by Crippen LogP contribution is 2.59. The first-order valence-corrected chi connectivity index (χ1v) is 18.9. The Bertz CT molecular complexity index is 2980. The third kappa shape index (κ3) is 5.27. The summed E-state index contributed by atoms with van der Waals surface area (Å²) < 4.78 is 2.37. The molecule has 9 nitrogen and oxygen atoms in total. The fourth-order valence-electron chi connectivity index (χ4n) is 8.49. The summed E-state index contributed by atoms with van der Waals surface area (Å²) in [5, 5.41) is 2.19. The maximum absolute atomic E-state index is 5.32. The van der Waals surface area contributed by atoms with Crippen LogP contribution in [0.1, 0.15) is 24.7 Å². The van der Waals surface area contributed by atoms with Gasteiger partial charge in [-0.15, -0.1) is 0 Å². The molecule has 0 saturated heterocycles. The molecular weight excluding hydrogens is 703 g/mol. The molecule has 4 aromatic heterocycles. The van der Waals surface area contributed by atoms with E-state index >= 15 is 0 Å². The van der Waals surface area contributed by atoms with Crippen LogP contribution in [0.25, 0.3) is 67.2 Å². The van der Waals surface area contributed by atoms with Gasteiger partial charge in [0, 0.05) is 69.0 Å². The summed E-state index contributed by atoms with van der Waals surface area (Å²) >= 11 is 0. The second-order valence-corrected chi connectivity index (χ2v) is 14.5. The van der Waals surface area contributed by atoms with E-state index in [1.165, 1.54) is 0 Å². The zero-order chi connectivity index (χ0) is 37.9. The Balaban J connectivity index is 1.24. The molecule has 0 N–H and O–H groups in total. The van der Waals surface area contributed by atoms with Crippen molar-refractivity contribution in [2.75, 3.05) is 4.90 Å². The summed E-state index contributed by atoms with van der Waals surface area (Å²) in [6, 6.07) is 45.6. The maximum atomic E-state index is 5.32. The summed E-state index contributed by atoms with van der Waals surface area (Å²) in [6.45, 7) is 2.32. The molecule has 2 aliphatic rings. The van der Waals surface area contributed by atoms with E-state index < -0.39 is 5.41 Å². The maximum Gasteiger partial charge on any atom is 0.238 e. The minimum Gasteiger partial charge on any atom is -0.307 e. The van der Waals surface area contributed by atoms with Gasteiger partial charge in [-0.2, -0.15) is 9.97 Å². The molecule has 0 spiro atoms. The summed E-state index contributed by atoms with van der Waals surface area (Å²) in [7, 11) is 0. The lowest BCUT2D eigenvalue weighted by atomic mass is 9.73. The Labute approximate surface area is 328 Å². The molecule has 1 aliphatic carbocycles. The van der Waals surface area contributed by atoms with Crippen LogP contribution in [0.15, 0.2) is 176 Å². The molecule has 57 heavy (non-hydrogen) atoms. The summed E-state index contributed by atoms with van der Waals surface area (Å²) in [5.41, 5.74) is 9.77. The van der Waals surface area contributed by atoms with E-state index in [1.807, 2.05) is 72.8 Å². The van der Waals surface area contributed by atoms with Crippen molar-refractivity contribution in [3.63, 3.8) is 0 Å². The highest BCUT2D eigenvalue weighted by atomic mass is 15.3. The largest absolute Gasteiger partial charge is 0.307 e. The van der Waals surface area contributed by atoms with Gasteiger partial charge in [-0.3, -0.25) is 4.90 Å². The van der Waals surface area contributed by atoms with Gasteiger partial charge in [0.2, 0.25) is 5.95 Å². The first-order valence-electron chi connectivity index (χ1n) is 18.9. The second-order valence-electron chi connectivity index (χ2n) is 14.5. The average Bonchev–Trinajstić information content (AvgIpc) is 3.76. The molecule has 11 rings (SSSR count). The number of nitrogens with zero attached hydrogens (tertiary/aromatic N) is 9. The highest BCUT2D eigenvalue weighted by molar-refractivity contribution is 6.16. The number of fused-ring (bicyclic) bond motifs is 7. The van der Waals surface area contributed by atoms with Crippen molar-refractivity contribution in [3.8, 4) is 39.9 Å². The van der Waals surface area contributed by atoms with Crippen molar-refractivity contribution < 1.29 is 0 Å². The van der Waals surface area contributed by atoms with Gasteiger partial charge in [-0.1, -0.05) is 97.1 Å². The Morgan fingerprint density at radius 2 is 1.14 bits per heavy atom. The third-order valence-electron chi connectivity index (χ3n) is 11.1. The van der Waals surface area contributed by atoms with Crippen molar-refractivity contribution in [2.45, 2.75) is 18.8 Å². The molecule has 1 unspecified atom stereocenters. The number of hydrogen-bond acceptors (Lipinski definition) is 8. The zero-order valence-electron chi connectivity index (χ0n) is 30.9. The number of allylic oxidation sites excluding steroid dienone is 4. The molecule has 0 amide bonds. The van der Waals surface area contributed by atoms with E-state index in [1.54, 1.807) is 24.8 Å². The van der Waals surface area contributed by atoms with Gasteiger partial charge < -0.3 is 4.57 Å². The number of para-hydroxylation sites is 1. The molecule has 0 fully saturated rings. The first-order chi connectivity index (χ1) is 28.1. The van der Waals surface area contributed by atoms with E-state index in [-0.39, 0.29) is 0 Å². The quantitative estimate of drug-likeness (QED) is 0.166. The van der Waals surface area contributed by atoms with Gasteiger partial charge in [-0.05, 0) is 73.0 Å². The SMILES string of the molecule is CC12CC(c3ncccn3)=CC=C1N(c1nc(-c3ccccc3)nc(-c3ccccc3)n1)c1c2ccc2c3cc(-c4ncccn4)ccc3n(-c3ccccc3)c12. The highest BCUT2D eigenvalue weighted by Gasteiger charge is 2.49. The van der Waals surface area contributed by atoms with E-state index in [4.69, 9.17) is 15.0 Å². The van der Waals surface area contributed by atoms with Crippen molar-refractivity contribution in [1.29, 1.82) is 0 Å². The van der Waals surface area contributed by atoms with Crippen LogP contribution < -0.4 is 4.90 Å².